The van der Waals surface area contributed by atoms with E-state index in [9.17, 15) is 9.90 Å². The third-order valence-corrected chi connectivity index (χ3v) is 4.12. The lowest BCUT2D eigenvalue weighted by Crippen LogP contribution is -2.44. The zero-order chi connectivity index (χ0) is 16.2. The molecule has 116 valence electrons. The molecule has 2 aromatic rings. The zero-order valence-electron chi connectivity index (χ0n) is 13.4. The lowest BCUT2D eigenvalue weighted by Gasteiger charge is -2.35. The van der Waals surface area contributed by atoms with Crippen LogP contribution in [0.3, 0.4) is 0 Å². The number of aliphatic hydroxyl groups is 1. The highest BCUT2D eigenvalue weighted by Crippen LogP contribution is 2.34. The molecule has 3 nitrogen and oxygen atoms in total. The summed E-state index contributed by atoms with van der Waals surface area (Å²) in [6.07, 6.45) is 0.401. The molecule has 0 spiro atoms. The number of carbonyl (C=O) groups is 1. The maximum absolute atomic E-state index is 12.4. The van der Waals surface area contributed by atoms with Crippen LogP contribution >= 0.6 is 0 Å². The zero-order valence-corrected chi connectivity index (χ0v) is 13.4. The summed E-state index contributed by atoms with van der Waals surface area (Å²) >= 11 is 0. The smallest absolute Gasteiger partial charge is 0.228 e. The van der Waals surface area contributed by atoms with Gasteiger partial charge in [-0.25, -0.2) is 0 Å². The molecule has 0 aliphatic rings. The summed E-state index contributed by atoms with van der Waals surface area (Å²) in [4.78, 5) is 14.0. The van der Waals surface area contributed by atoms with Crippen molar-refractivity contribution in [2.75, 3.05) is 14.1 Å². The van der Waals surface area contributed by atoms with Crippen molar-refractivity contribution < 1.29 is 9.90 Å². The summed E-state index contributed by atoms with van der Waals surface area (Å²) in [5.41, 5.74) is 0.540. The third kappa shape index (κ3) is 3.37. The Bertz CT molecular complexity index is 610. The molecule has 2 aromatic carbocycles. The molecule has 0 unspecified atom stereocenters. The van der Waals surface area contributed by atoms with Gasteiger partial charge in [-0.15, -0.1) is 0 Å². The molecule has 3 heteroatoms. The van der Waals surface area contributed by atoms with Crippen LogP contribution in [0.15, 0.2) is 60.7 Å². The van der Waals surface area contributed by atoms with E-state index < -0.39 is 11.5 Å². The minimum Gasteiger partial charge on any atom is -0.384 e. The molecule has 0 saturated carbocycles. The summed E-state index contributed by atoms with van der Waals surface area (Å²) in [5, 5.41) is 11.4. The first-order chi connectivity index (χ1) is 10.4. The Hall–Kier alpha value is -2.13. The SMILES string of the molecule is C[C@H](C(=O)N(C)C)[C@@](O)(Cc1ccccc1)c1ccccc1. The molecular formula is C19H23NO2. The van der Waals surface area contributed by atoms with Gasteiger partial charge in [0, 0.05) is 20.5 Å². The first-order valence-corrected chi connectivity index (χ1v) is 7.48. The summed E-state index contributed by atoms with van der Waals surface area (Å²) in [5.74, 6) is -0.618. The highest BCUT2D eigenvalue weighted by atomic mass is 16.3. The van der Waals surface area contributed by atoms with Gasteiger partial charge in [0.2, 0.25) is 5.91 Å². The lowest BCUT2D eigenvalue weighted by atomic mass is 9.77. The van der Waals surface area contributed by atoms with E-state index in [1.54, 1.807) is 21.0 Å². The largest absolute Gasteiger partial charge is 0.384 e. The van der Waals surface area contributed by atoms with Gasteiger partial charge in [0.05, 0.1) is 5.92 Å². The molecular weight excluding hydrogens is 274 g/mol. The Morgan fingerprint density at radius 2 is 1.55 bits per heavy atom. The van der Waals surface area contributed by atoms with E-state index in [0.717, 1.165) is 11.1 Å². The summed E-state index contributed by atoms with van der Waals surface area (Å²) < 4.78 is 0. The minimum atomic E-state index is -1.23. The average Bonchev–Trinajstić information content (AvgIpc) is 2.55. The normalized spacial score (nSPS) is 14.9. The lowest BCUT2D eigenvalue weighted by molar-refractivity contribution is -0.142. The van der Waals surface area contributed by atoms with E-state index in [1.165, 1.54) is 4.90 Å². The second-order valence-electron chi connectivity index (χ2n) is 5.91. The van der Waals surface area contributed by atoms with Gasteiger partial charge in [-0.3, -0.25) is 4.79 Å². The Morgan fingerprint density at radius 1 is 1.05 bits per heavy atom. The molecule has 22 heavy (non-hydrogen) atoms. The molecule has 0 fully saturated rings. The monoisotopic (exact) mass is 297 g/mol. The van der Waals surface area contributed by atoms with Gasteiger partial charge in [-0.2, -0.15) is 0 Å². The predicted octanol–water partition coefficient (Wildman–Crippen LogP) is 2.84. The van der Waals surface area contributed by atoms with Gasteiger partial charge in [0.25, 0.3) is 0 Å². The fourth-order valence-electron chi connectivity index (χ4n) is 2.73. The summed E-state index contributed by atoms with van der Waals surface area (Å²) in [7, 11) is 3.43. The standard InChI is InChI=1S/C19H23NO2/c1-15(18(21)20(2)3)19(22,17-12-8-5-9-13-17)14-16-10-6-4-7-11-16/h4-13,15,22H,14H2,1-3H3/t15-,19+/m1/s1. The molecule has 0 aliphatic heterocycles. The van der Waals surface area contributed by atoms with Gasteiger partial charge in [-0.1, -0.05) is 67.6 Å². The van der Waals surface area contributed by atoms with Gasteiger partial charge in [0.15, 0.2) is 0 Å². The number of amides is 1. The minimum absolute atomic E-state index is 0.0812. The van der Waals surface area contributed by atoms with E-state index >= 15 is 0 Å². The summed E-state index contributed by atoms with van der Waals surface area (Å²) in [6.45, 7) is 1.79. The average molecular weight is 297 g/mol. The Balaban J connectivity index is 2.42. The Morgan fingerprint density at radius 3 is 2.05 bits per heavy atom. The molecule has 0 aliphatic carbocycles. The Kier molecular flexibility index (Phi) is 4.99. The predicted molar refractivity (Wildman–Crippen MR) is 88.3 cm³/mol. The van der Waals surface area contributed by atoms with Crippen LogP contribution in [0, 0.1) is 5.92 Å². The number of hydrogen-bond acceptors (Lipinski definition) is 2. The van der Waals surface area contributed by atoms with Crippen molar-refractivity contribution in [1.82, 2.24) is 4.90 Å². The van der Waals surface area contributed by atoms with Gasteiger partial charge >= 0.3 is 0 Å². The Labute approximate surface area is 132 Å². The van der Waals surface area contributed by atoms with Crippen molar-refractivity contribution in [2.45, 2.75) is 18.9 Å². The number of nitrogens with zero attached hydrogens (tertiary/aromatic N) is 1. The molecule has 1 N–H and O–H groups in total. The van der Waals surface area contributed by atoms with Crippen LogP contribution in [0.4, 0.5) is 0 Å². The number of benzene rings is 2. The molecule has 0 bridgehead atoms. The van der Waals surface area contributed by atoms with Crippen LogP contribution in [0.25, 0.3) is 0 Å². The topological polar surface area (TPSA) is 40.5 Å². The van der Waals surface area contributed by atoms with Crippen molar-refractivity contribution in [3.63, 3.8) is 0 Å². The van der Waals surface area contributed by atoms with Crippen molar-refractivity contribution in [2.24, 2.45) is 5.92 Å². The van der Waals surface area contributed by atoms with Crippen LogP contribution in [-0.2, 0) is 16.8 Å². The highest BCUT2D eigenvalue weighted by molar-refractivity contribution is 5.79. The molecule has 2 atom stereocenters. The van der Waals surface area contributed by atoms with E-state index in [1.807, 2.05) is 60.7 Å². The highest BCUT2D eigenvalue weighted by Gasteiger charge is 2.40. The van der Waals surface area contributed by atoms with Crippen molar-refractivity contribution in [3.05, 3.63) is 71.8 Å². The van der Waals surface area contributed by atoms with Crippen molar-refractivity contribution >= 4 is 5.91 Å². The van der Waals surface area contributed by atoms with E-state index in [2.05, 4.69) is 0 Å². The molecule has 2 rings (SSSR count). The summed E-state index contributed by atoms with van der Waals surface area (Å²) in [6, 6.07) is 19.2. The first kappa shape index (κ1) is 16.2. The van der Waals surface area contributed by atoms with Crippen LogP contribution in [0.5, 0.6) is 0 Å². The van der Waals surface area contributed by atoms with Crippen LogP contribution in [0.2, 0.25) is 0 Å². The van der Waals surface area contributed by atoms with Gasteiger partial charge in [0.1, 0.15) is 5.60 Å². The second-order valence-corrected chi connectivity index (χ2v) is 5.91. The van der Waals surface area contributed by atoms with Crippen molar-refractivity contribution in [1.29, 1.82) is 0 Å². The molecule has 0 aromatic heterocycles. The number of rotatable bonds is 5. The van der Waals surface area contributed by atoms with E-state index in [4.69, 9.17) is 0 Å². The third-order valence-electron chi connectivity index (χ3n) is 4.12. The quantitative estimate of drug-likeness (QED) is 0.922. The molecule has 0 saturated heterocycles. The van der Waals surface area contributed by atoms with Gasteiger partial charge < -0.3 is 10.0 Å². The maximum Gasteiger partial charge on any atom is 0.228 e. The van der Waals surface area contributed by atoms with E-state index in [-0.39, 0.29) is 5.91 Å². The number of hydrogen-bond donors (Lipinski definition) is 1. The van der Waals surface area contributed by atoms with Crippen LogP contribution in [0.1, 0.15) is 18.1 Å². The molecule has 0 heterocycles. The van der Waals surface area contributed by atoms with Crippen LogP contribution < -0.4 is 0 Å². The van der Waals surface area contributed by atoms with Crippen molar-refractivity contribution in [3.8, 4) is 0 Å². The van der Waals surface area contributed by atoms with Gasteiger partial charge in [-0.05, 0) is 11.1 Å². The fourth-order valence-corrected chi connectivity index (χ4v) is 2.73. The molecule has 0 radical (unpaired) electrons. The first-order valence-electron chi connectivity index (χ1n) is 7.48. The maximum atomic E-state index is 12.4. The van der Waals surface area contributed by atoms with Crippen LogP contribution in [-0.4, -0.2) is 30.0 Å². The van der Waals surface area contributed by atoms with E-state index in [0.29, 0.717) is 6.42 Å². The molecule has 1 amide bonds. The number of carbonyl (C=O) groups excluding carboxylic acids is 1. The fraction of sp³-hybridized carbons (Fsp3) is 0.316. The second kappa shape index (κ2) is 6.75.